The summed E-state index contributed by atoms with van der Waals surface area (Å²) in [4.78, 5) is 27.4. The monoisotopic (exact) mass is 407 g/mol. The number of aromatic nitrogens is 2. The lowest BCUT2D eigenvalue weighted by Crippen LogP contribution is -2.48. The van der Waals surface area contributed by atoms with E-state index >= 15 is 0 Å². The molecule has 1 aliphatic rings. The number of piperazine rings is 1. The second-order valence-corrected chi connectivity index (χ2v) is 6.90. The molecule has 2 heterocycles. The van der Waals surface area contributed by atoms with Crippen molar-refractivity contribution in [2.24, 2.45) is 0 Å². The minimum absolute atomic E-state index is 0.0227. The lowest BCUT2D eigenvalue weighted by Gasteiger charge is -2.35. The fraction of sp³-hybridized carbons (Fsp3) is 0.238. The van der Waals surface area contributed by atoms with Crippen LogP contribution in [0.2, 0.25) is 0 Å². The first kappa shape index (κ1) is 19.4. The summed E-state index contributed by atoms with van der Waals surface area (Å²) in [6.07, 6.45) is 1.64. The van der Waals surface area contributed by atoms with Gasteiger partial charge in [0.05, 0.1) is 17.7 Å². The van der Waals surface area contributed by atoms with Crippen LogP contribution in [0.3, 0.4) is 0 Å². The lowest BCUT2D eigenvalue weighted by atomic mass is 10.2. The summed E-state index contributed by atoms with van der Waals surface area (Å²) in [5.74, 6) is 0.667. The van der Waals surface area contributed by atoms with Crippen molar-refractivity contribution in [1.29, 1.82) is 0 Å². The average molecular weight is 407 g/mol. The van der Waals surface area contributed by atoms with Gasteiger partial charge in [0.1, 0.15) is 5.75 Å². The highest BCUT2D eigenvalue weighted by Gasteiger charge is 2.24. The van der Waals surface area contributed by atoms with Crippen LogP contribution >= 0.6 is 0 Å². The third-order valence-electron chi connectivity index (χ3n) is 5.12. The number of nitro groups is 1. The third-order valence-corrected chi connectivity index (χ3v) is 5.12. The normalized spacial score (nSPS) is 13.9. The van der Waals surface area contributed by atoms with Crippen LogP contribution in [0.5, 0.6) is 5.75 Å². The van der Waals surface area contributed by atoms with Crippen LogP contribution in [0, 0.1) is 10.1 Å². The zero-order valence-corrected chi connectivity index (χ0v) is 16.5. The number of anilines is 1. The summed E-state index contributed by atoms with van der Waals surface area (Å²) in [5, 5.41) is 15.3. The second kappa shape index (κ2) is 8.24. The molecule has 9 nitrogen and oxygen atoms in total. The Morgan fingerprint density at radius 1 is 1.03 bits per heavy atom. The highest BCUT2D eigenvalue weighted by Crippen LogP contribution is 2.21. The molecule has 30 heavy (non-hydrogen) atoms. The van der Waals surface area contributed by atoms with Crippen molar-refractivity contribution in [1.82, 2.24) is 14.7 Å². The molecule has 0 radical (unpaired) electrons. The number of nitro benzene ring substituents is 1. The van der Waals surface area contributed by atoms with Crippen molar-refractivity contribution < 1.29 is 14.5 Å². The van der Waals surface area contributed by atoms with E-state index in [9.17, 15) is 14.9 Å². The number of nitrogens with zero attached hydrogens (tertiary/aromatic N) is 5. The molecule has 4 rings (SSSR count). The molecule has 0 spiro atoms. The zero-order chi connectivity index (χ0) is 21.1. The van der Waals surface area contributed by atoms with Crippen LogP contribution in [0.1, 0.15) is 10.5 Å². The number of hydrogen-bond donors (Lipinski definition) is 0. The molecular weight excluding hydrogens is 386 g/mol. The number of benzene rings is 2. The Morgan fingerprint density at radius 2 is 1.77 bits per heavy atom. The molecule has 1 aromatic heterocycles. The Balaban J connectivity index is 1.41. The van der Waals surface area contributed by atoms with E-state index in [-0.39, 0.29) is 11.6 Å². The molecule has 0 aliphatic carbocycles. The van der Waals surface area contributed by atoms with Crippen LogP contribution in [0.15, 0.2) is 60.8 Å². The van der Waals surface area contributed by atoms with Crippen molar-refractivity contribution >= 4 is 17.3 Å². The molecule has 0 N–H and O–H groups in total. The number of methoxy groups -OCH3 is 1. The first-order chi connectivity index (χ1) is 14.5. The predicted molar refractivity (Wildman–Crippen MR) is 111 cm³/mol. The maximum absolute atomic E-state index is 12.9. The fourth-order valence-corrected chi connectivity index (χ4v) is 3.45. The minimum Gasteiger partial charge on any atom is -0.497 e. The van der Waals surface area contributed by atoms with Crippen LogP contribution in [0.4, 0.5) is 11.4 Å². The van der Waals surface area contributed by atoms with E-state index in [0.29, 0.717) is 24.5 Å². The van der Waals surface area contributed by atoms with E-state index in [1.165, 1.54) is 16.8 Å². The van der Waals surface area contributed by atoms with Gasteiger partial charge in [-0.3, -0.25) is 14.9 Å². The van der Waals surface area contributed by atoms with Crippen molar-refractivity contribution in [3.63, 3.8) is 0 Å². The van der Waals surface area contributed by atoms with Gasteiger partial charge in [0.15, 0.2) is 5.69 Å². The summed E-state index contributed by atoms with van der Waals surface area (Å²) >= 11 is 0. The second-order valence-electron chi connectivity index (χ2n) is 6.90. The molecule has 0 bridgehead atoms. The summed E-state index contributed by atoms with van der Waals surface area (Å²) in [6.45, 7) is 2.64. The van der Waals surface area contributed by atoms with Crippen molar-refractivity contribution in [2.75, 3.05) is 38.2 Å². The fourth-order valence-electron chi connectivity index (χ4n) is 3.45. The van der Waals surface area contributed by atoms with E-state index < -0.39 is 4.92 Å². The number of ether oxygens (including phenoxy) is 1. The SMILES string of the molecule is COc1ccc(N2CCN(C(=O)c3ccn(-c4cccc([N+](=O)[O-])c4)n3)CC2)cc1. The Kier molecular flexibility index (Phi) is 5.34. The van der Waals surface area contributed by atoms with E-state index in [1.54, 1.807) is 36.4 Å². The number of amides is 1. The molecule has 1 amide bonds. The third kappa shape index (κ3) is 3.95. The van der Waals surface area contributed by atoms with Crippen LogP contribution in [-0.4, -0.2) is 58.8 Å². The summed E-state index contributed by atoms with van der Waals surface area (Å²) in [6, 6.07) is 15.7. The maximum atomic E-state index is 12.9. The van der Waals surface area contributed by atoms with Crippen LogP contribution < -0.4 is 9.64 Å². The highest BCUT2D eigenvalue weighted by molar-refractivity contribution is 5.92. The first-order valence-corrected chi connectivity index (χ1v) is 9.54. The Morgan fingerprint density at radius 3 is 2.43 bits per heavy atom. The van der Waals surface area contributed by atoms with Crippen molar-refractivity contribution in [2.45, 2.75) is 0 Å². The molecule has 3 aromatic rings. The largest absolute Gasteiger partial charge is 0.497 e. The number of rotatable bonds is 5. The highest BCUT2D eigenvalue weighted by atomic mass is 16.6. The molecule has 9 heteroatoms. The standard InChI is InChI=1S/C21H21N5O4/c1-30-19-7-5-16(6-8-19)23-11-13-24(14-12-23)21(27)20-9-10-25(22-20)17-3-2-4-18(15-17)26(28)29/h2-10,15H,11-14H2,1H3. The van der Waals surface area contributed by atoms with Gasteiger partial charge in [0, 0.05) is 50.2 Å². The van der Waals surface area contributed by atoms with Gasteiger partial charge in [-0.25, -0.2) is 4.68 Å². The van der Waals surface area contributed by atoms with Gasteiger partial charge in [-0.2, -0.15) is 5.10 Å². The van der Waals surface area contributed by atoms with Crippen molar-refractivity contribution in [3.05, 3.63) is 76.6 Å². The summed E-state index contributed by atoms with van der Waals surface area (Å²) in [5.41, 5.74) is 1.93. The van der Waals surface area contributed by atoms with Crippen molar-refractivity contribution in [3.8, 4) is 11.4 Å². The molecule has 0 unspecified atom stereocenters. The van der Waals surface area contributed by atoms with E-state index in [2.05, 4.69) is 10.00 Å². The summed E-state index contributed by atoms with van der Waals surface area (Å²) in [7, 11) is 1.64. The van der Waals surface area contributed by atoms with Gasteiger partial charge in [-0.15, -0.1) is 0 Å². The van der Waals surface area contributed by atoms with Gasteiger partial charge in [-0.05, 0) is 36.4 Å². The van der Waals surface area contributed by atoms with E-state index in [4.69, 9.17) is 4.74 Å². The zero-order valence-electron chi connectivity index (χ0n) is 16.5. The first-order valence-electron chi connectivity index (χ1n) is 9.54. The maximum Gasteiger partial charge on any atom is 0.274 e. The Bertz CT molecular complexity index is 1060. The topological polar surface area (TPSA) is 93.7 Å². The van der Waals surface area contributed by atoms with E-state index in [0.717, 1.165) is 24.5 Å². The number of carbonyl (C=O) groups excluding carboxylic acids is 1. The van der Waals surface area contributed by atoms with Gasteiger partial charge >= 0.3 is 0 Å². The van der Waals surface area contributed by atoms with Gasteiger partial charge in [0.25, 0.3) is 11.6 Å². The lowest BCUT2D eigenvalue weighted by molar-refractivity contribution is -0.384. The van der Waals surface area contributed by atoms with Gasteiger partial charge < -0.3 is 14.5 Å². The Hall–Kier alpha value is -3.88. The number of carbonyl (C=O) groups is 1. The molecule has 1 saturated heterocycles. The molecular formula is C21H21N5O4. The summed E-state index contributed by atoms with van der Waals surface area (Å²) < 4.78 is 6.67. The number of non-ortho nitro benzene ring substituents is 1. The molecule has 0 atom stereocenters. The van der Waals surface area contributed by atoms with Gasteiger partial charge in [-0.1, -0.05) is 6.07 Å². The molecule has 2 aromatic carbocycles. The molecule has 154 valence electrons. The van der Waals surface area contributed by atoms with Crippen LogP contribution in [0.25, 0.3) is 5.69 Å². The smallest absolute Gasteiger partial charge is 0.274 e. The number of hydrogen-bond acceptors (Lipinski definition) is 6. The van der Waals surface area contributed by atoms with Gasteiger partial charge in [0.2, 0.25) is 0 Å². The molecule has 1 aliphatic heterocycles. The Labute approximate surface area is 173 Å². The molecule has 0 saturated carbocycles. The average Bonchev–Trinajstić information content (AvgIpc) is 3.29. The van der Waals surface area contributed by atoms with Crippen LogP contribution in [-0.2, 0) is 0 Å². The van der Waals surface area contributed by atoms with E-state index in [1.807, 2.05) is 24.3 Å². The quantitative estimate of drug-likeness (QED) is 0.477. The predicted octanol–water partition coefficient (Wildman–Crippen LogP) is 2.75. The molecule has 1 fully saturated rings. The minimum atomic E-state index is -0.457.